The Labute approximate surface area is 92.2 Å². The number of hydrogen-bond donors (Lipinski definition) is 1. The fourth-order valence-electron chi connectivity index (χ4n) is 1.22. The number of furan rings is 1. The van der Waals surface area contributed by atoms with E-state index in [4.69, 9.17) is 20.4 Å². The standard InChI is InChI=1S/C10H11ClN2O2/c1-2-12-6-9-13-5-8(15-9)7-3-4-14-10(7)11/h3-5,12H,2,6H2,1H3. The number of rotatable bonds is 4. The average Bonchev–Trinajstić information content (AvgIpc) is 2.83. The lowest BCUT2D eigenvalue weighted by atomic mass is 10.3. The van der Waals surface area contributed by atoms with Gasteiger partial charge in [0.25, 0.3) is 0 Å². The Kier molecular flexibility index (Phi) is 3.08. The molecule has 1 N–H and O–H groups in total. The van der Waals surface area contributed by atoms with E-state index in [0.717, 1.165) is 12.1 Å². The van der Waals surface area contributed by atoms with Gasteiger partial charge in [-0.3, -0.25) is 0 Å². The SMILES string of the molecule is CCNCc1ncc(-c2ccoc2Cl)o1. The van der Waals surface area contributed by atoms with Crippen LogP contribution < -0.4 is 5.32 Å². The molecule has 0 amide bonds. The van der Waals surface area contributed by atoms with E-state index in [-0.39, 0.29) is 0 Å². The van der Waals surface area contributed by atoms with Crippen molar-refractivity contribution in [3.05, 3.63) is 29.6 Å². The lowest BCUT2D eigenvalue weighted by molar-refractivity contribution is 0.481. The molecule has 2 rings (SSSR count). The maximum absolute atomic E-state index is 5.82. The average molecular weight is 227 g/mol. The van der Waals surface area contributed by atoms with Gasteiger partial charge in [0.2, 0.25) is 11.1 Å². The van der Waals surface area contributed by atoms with Gasteiger partial charge in [-0.2, -0.15) is 0 Å². The lowest BCUT2D eigenvalue weighted by Crippen LogP contribution is -2.11. The lowest BCUT2D eigenvalue weighted by Gasteiger charge is -1.95. The van der Waals surface area contributed by atoms with Crippen LogP contribution in [-0.2, 0) is 6.54 Å². The van der Waals surface area contributed by atoms with E-state index in [1.807, 2.05) is 6.92 Å². The van der Waals surface area contributed by atoms with Crippen LogP contribution >= 0.6 is 11.6 Å². The van der Waals surface area contributed by atoms with Crippen molar-refractivity contribution in [3.8, 4) is 11.3 Å². The molecule has 0 saturated carbocycles. The molecule has 15 heavy (non-hydrogen) atoms. The molecule has 0 bridgehead atoms. The minimum absolute atomic E-state index is 0.321. The minimum atomic E-state index is 0.321. The van der Waals surface area contributed by atoms with Gasteiger partial charge in [-0.15, -0.1) is 0 Å². The summed E-state index contributed by atoms with van der Waals surface area (Å²) in [7, 11) is 0. The van der Waals surface area contributed by atoms with Crippen molar-refractivity contribution < 1.29 is 8.83 Å². The van der Waals surface area contributed by atoms with E-state index < -0.39 is 0 Å². The molecular formula is C10H11ClN2O2. The summed E-state index contributed by atoms with van der Waals surface area (Å²) < 4.78 is 10.5. The predicted octanol–water partition coefficient (Wildman–Crippen LogP) is 2.70. The highest BCUT2D eigenvalue weighted by atomic mass is 35.5. The highest BCUT2D eigenvalue weighted by Crippen LogP contribution is 2.29. The molecule has 0 aliphatic rings. The Morgan fingerprint density at radius 2 is 2.40 bits per heavy atom. The molecule has 2 aromatic heterocycles. The van der Waals surface area contributed by atoms with E-state index in [0.29, 0.717) is 23.4 Å². The summed E-state index contributed by atoms with van der Waals surface area (Å²) >= 11 is 5.82. The Balaban J connectivity index is 2.17. The Hall–Kier alpha value is -1.26. The van der Waals surface area contributed by atoms with Crippen LogP contribution in [0.5, 0.6) is 0 Å². The van der Waals surface area contributed by atoms with Crippen molar-refractivity contribution in [3.63, 3.8) is 0 Å². The van der Waals surface area contributed by atoms with Crippen LogP contribution in [0.1, 0.15) is 12.8 Å². The Bertz CT molecular complexity index is 436. The zero-order valence-electron chi connectivity index (χ0n) is 8.29. The minimum Gasteiger partial charge on any atom is -0.452 e. The molecule has 0 radical (unpaired) electrons. The first-order valence-electron chi connectivity index (χ1n) is 4.70. The Morgan fingerprint density at radius 1 is 1.53 bits per heavy atom. The summed E-state index contributed by atoms with van der Waals surface area (Å²) in [6.45, 7) is 3.52. The molecular weight excluding hydrogens is 216 g/mol. The van der Waals surface area contributed by atoms with Gasteiger partial charge in [0.1, 0.15) is 0 Å². The normalized spacial score (nSPS) is 10.8. The fraction of sp³-hybridized carbons (Fsp3) is 0.300. The van der Waals surface area contributed by atoms with Gasteiger partial charge in [0, 0.05) is 0 Å². The summed E-state index contributed by atoms with van der Waals surface area (Å²) in [6.07, 6.45) is 3.16. The van der Waals surface area contributed by atoms with Gasteiger partial charge in [-0.25, -0.2) is 4.98 Å². The molecule has 0 unspecified atom stereocenters. The van der Waals surface area contributed by atoms with Crippen LogP contribution in [0.15, 0.2) is 27.4 Å². The molecule has 2 heterocycles. The number of nitrogens with zero attached hydrogens (tertiary/aromatic N) is 1. The van der Waals surface area contributed by atoms with E-state index in [1.165, 1.54) is 6.26 Å². The molecule has 0 saturated heterocycles. The quantitative estimate of drug-likeness (QED) is 0.871. The summed E-state index contributed by atoms with van der Waals surface area (Å²) in [6, 6.07) is 1.75. The van der Waals surface area contributed by atoms with Crippen LogP contribution in [0.2, 0.25) is 5.22 Å². The van der Waals surface area contributed by atoms with Crippen molar-refractivity contribution in [2.24, 2.45) is 0 Å². The zero-order chi connectivity index (χ0) is 10.7. The fourth-order valence-corrected chi connectivity index (χ4v) is 1.43. The maximum atomic E-state index is 5.82. The van der Waals surface area contributed by atoms with Crippen LogP contribution in [0.4, 0.5) is 0 Å². The van der Waals surface area contributed by atoms with Crippen molar-refractivity contribution in [1.82, 2.24) is 10.3 Å². The number of nitrogens with one attached hydrogen (secondary N) is 1. The monoisotopic (exact) mass is 226 g/mol. The molecule has 0 spiro atoms. The van der Waals surface area contributed by atoms with Gasteiger partial charge in [0.05, 0.1) is 24.6 Å². The summed E-state index contributed by atoms with van der Waals surface area (Å²) in [4.78, 5) is 4.12. The molecule has 0 aliphatic heterocycles. The van der Waals surface area contributed by atoms with E-state index >= 15 is 0 Å². The molecule has 5 heteroatoms. The highest BCUT2D eigenvalue weighted by molar-refractivity contribution is 6.31. The molecule has 0 fully saturated rings. The predicted molar refractivity (Wildman–Crippen MR) is 56.6 cm³/mol. The third-order valence-electron chi connectivity index (χ3n) is 1.96. The van der Waals surface area contributed by atoms with Crippen molar-refractivity contribution in [2.45, 2.75) is 13.5 Å². The number of halogens is 1. The van der Waals surface area contributed by atoms with Gasteiger partial charge >= 0.3 is 0 Å². The summed E-state index contributed by atoms with van der Waals surface area (Å²) in [5.74, 6) is 1.27. The van der Waals surface area contributed by atoms with E-state index in [9.17, 15) is 0 Å². The number of oxazole rings is 1. The number of aromatic nitrogens is 1. The Morgan fingerprint density at radius 3 is 3.07 bits per heavy atom. The van der Waals surface area contributed by atoms with Crippen molar-refractivity contribution in [1.29, 1.82) is 0 Å². The smallest absolute Gasteiger partial charge is 0.208 e. The summed E-state index contributed by atoms with van der Waals surface area (Å²) in [5.41, 5.74) is 0.729. The second-order valence-electron chi connectivity index (χ2n) is 3.01. The summed E-state index contributed by atoms with van der Waals surface area (Å²) in [5, 5.41) is 3.45. The second-order valence-corrected chi connectivity index (χ2v) is 3.35. The maximum Gasteiger partial charge on any atom is 0.208 e. The van der Waals surface area contributed by atoms with Gasteiger partial charge < -0.3 is 14.2 Å². The first kappa shape index (κ1) is 10.3. The van der Waals surface area contributed by atoms with Gasteiger partial charge in [-0.05, 0) is 24.2 Å². The zero-order valence-corrected chi connectivity index (χ0v) is 9.04. The topological polar surface area (TPSA) is 51.2 Å². The molecule has 2 aromatic rings. The molecule has 0 atom stereocenters. The first-order valence-corrected chi connectivity index (χ1v) is 5.08. The number of hydrogen-bond acceptors (Lipinski definition) is 4. The van der Waals surface area contributed by atoms with Crippen LogP contribution in [0.25, 0.3) is 11.3 Å². The van der Waals surface area contributed by atoms with Crippen LogP contribution in [-0.4, -0.2) is 11.5 Å². The third-order valence-corrected chi connectivity index (χ3v) is 2.26. The van der Waals surface area contributed by atoms with Crippen LogP contribution in [0, 0.1) is 0 Å². The second kappa shape index (κ2) is 4.51. The van der Waals surface area contributed by atoms with E-state index in [1.54, 1.807) is 12.3 Å². The van der Waals surface area contributed by atoms with Gasteiger partial charge in [0.15, 0.2) is 5.76 Å². The van der Waals surface area contributed by atoms with E-state index in [2.05, 4.69) is 10.3 Å². The van der Waals surface area contributed by atoms with Crippen molar-refractivity contribution in [2.75, 3.05) is 6.54 Å². The molecule has 80 valence electrons. The third kappa shape index (κ3) is 2.22. The van der Waals surface area contributed by atoms with Gasteiger partial charge in [-0.1, -0.05) is 6.92 Å². The van der Waals surface area contributed by atoms with Crippen molar-refractivity contribution >= 4 is 11.6 Å². The highest BCUT2D eigenvalue weighted by Gasteiger charge is 2.11. The van der Waals surface area contributed by atoms with Crippen LogP contribution in [0.3, 0.4) is 0 Å². The first-order chi connectivity index (χ1) is 7.31. The molecule has 0 aromatic carbocycles. The largest absolute Gasteiger partial charge is 0.452 e. The molecule has 4 nitrogen and oxygen atoms in total. The molecule has 0 aliphatic carbocycles.